The second kappa shape index (κ2) is 6.82. The maximum atomic E-state index is 7.13. The van der Waals surface area contributed by atoms with Crippen molar-refractivity contribution in [2.45, 2.75) is 0 Å². The third kappa shape index (κ3) is 3.69. The molecule has 2 aromatic rings. The zero-order valence-electron chi connectivity index (χ0n) is 8.89. The topological polar surface area (TPSA) is 25.8 Å². The summed E-state index contributed by atoms with van der Waals surface area (Å²) in [5, 5.41) is 0. The van der Waals surface area contributed by atoms with Crippen LogP contribution in [-0.4, -0.2) is 9.97 Å². The van der Waals surface area contributed by atoms with Gasteiger partial charge in [0.2, 0.25) is 0 Å². The second-order valence-electron chi connectivity index (χ2n) is 3.20. The largest absolute Gasteiger partial charge is 1.00 e. The first-order valence-electron chi connectivity index (χ1n) is 4.85. The summed E-state index contributed by atoms with van der Waals surface area (Å²) >= 11 is 0. The molecule has 0 atom stereocenters. The quantitative estimate of drug-likeness (QED) is 0.439. The van der Waals surface area contributed by atoms with Crippen molar-refractivity contribution in [1.82, 2.24) is 9.97 Å². The number of pyridine rings is 2. The summed E-state index contributed by atoms with van der Waals surface area (Å²) in [7, 11) is 0. The number of hydrogen-bond acceptors (Lipinski definition) is 2. The molecule has 0 aliphatic carbocycles. The molecule has 0 spiro atoms. The van der Waals surface area contributed by atoms with Crippen LogP contribution in [0.15, 0.2) is 43.0 Å². The number of nitrogens with zero attached hydrogens (tertiary/aromatic N) is 2. The van der Waals surface area contributed by atoms with Crippen LogP contribution in [0.2, 0.25) is 0 Å². The zero-order valence-corrected chi connectivity index (χ0v) is 11.1. The molecule has 0 radical (unpaired) electrons. The minimum atomic E-state index is 0. The van der Waals surface area contributed by atoms with Crippen LogP contribution in [0.3, 0.4) is 0 Å². The molecule has 0 unspecified atom stereocenters. The average molecular weight is 402 g/mol. The Balaban J connectivity index is 0.00000144. The Morgan fingerprint density at radius 1 is 1.00 bits per heavy atom. The molecule has 0 saturated carbocycles. The van der Waals surface area contributed by atoms with Gasteiger partial charge >= 0.3 is 22.4 Å². The summed E-state index contributed by atoms with van der Waals surface area (Å²) in [6.07, 6.45) is 17.9. The van der Waals surface area contributed by atoms with Crippen molar-refractivity contribution in [3.8, 4) is 5.92 Å². The van der Waals surface area contributed by atoms with Crippen molar-refractivity contribution in [3.05, 3.63) is 66.1 Å². The van der Waals surface area contributed by atoms with Gasteiger partial charge in [-0.05, 0) is 23.9 Å². The maximum Gasteiger partial charge on any atom is 1.00 e. The van der Waals surface area contributed by atoms with Crippen LogP contribution < -0.4 is 0 Å². The van der Waals surface area contributed by atoms with E-state index in [1.54, 1.807) is 24.8 Å². The van der Waals surface area contributed by atoms with Crippen molar-refractivity contribution in [1.29, 1.82) is 0 Å². The fraction of sp³-hybridized carbons (Fsp3) is 0. The Morgan fingerprint density at radius 2 is 1.71 bits per heavy atom. The van der Waals surface area contributed by atoms with Gasteiger partial charge in [-0.15, -0.1) is 5.56 Å². The van der Waals surface area contributed by atoms with Crippen molar-refractivity contribution < 1.29 is 22.4 Å². The van der Waals surface area contributed by atoms with Crippen molar-refractivity contribution in [3.63, 3.8) is 0 Å². The van der Waals surface area contributed by atoms with Crippen LogP contribution in [0.5, 0.6) is 0 Å². The van der Waals surface area contributed by atoms with Crippen LogP contribution in [0.25, 0.3) is 12.2 Å². The average Bonchev–Trinajstić information content (AvgIpc) is 2.38. The van der Waals surface area contributed by atoms with E-state index in [2.05, 4.69) is 15.9 Å². The summed E-state index contributed by atoms with van der Waals surface area (Å²) in [4.78, 5) is 7.89. The molecular formula is C14H9AuN2. The molecule has 0 bridgehead atoms. The first kappa shape index (κ1) is 13.4. The van der Waals surface area contributed by atoms with Gasteiger partial charge in [-0.25, -0.2) is 0 Å². The monoisotopic (exact) mass is 402 g/mol. The van der Waals surface area contributed by atoms with E-state index in [4.69, 9.17) is 6.42 Å². The SMILES string of the molecule is [Au+].[C-]#Cc1cnccc1/C=C/c1ccncc1. The maximum absolute atomic E-state index is 7.13. The van der Waals surface area contributed by atoms with Gasteiger partial charge in [-0.3, -0.25) is 15.9 Å². The summed E-state index contributed by atoms with van der Waals surface area (Å²) in [6, 6.07) is 5.70. The summed E-state index contributed by atoms with van der Waals surface area (Å²) in [5.41, 5.74) is 2.69. The van der Waals surface area contributed by atoms with E-state index >= 15 is 0 Å². The molecule has 0 fully saturated rings. The first-order valence-corrected chi connectivity index (χ1v) is 4.85. The normalized spacial score (nSPS) is 9.59. The van der Waals surface area contributed by atoms with Gasteiger partial charge in [0.05, 0.1) is 0 Å². The predicted molar refractivity (Wildman–Crippen MR) is 63.6 cm³/mol. The van der Waals surface area contributed by atoms with Gasteiger partial charge in [0, 0.05) is 18.6 Å². The Kier molecular flexibility index (Phi) is 5.38. The number of aromatic nitrogens is 2. The molecular weight excluding hydrogens is 393 g/mol. The van der Waals surface area contributed by atoms with E-state index in [-0.39, 0.29) is 22.4 Å². The van der Waals surface area contributed by atoms with Gasteiger partial charge in [0.25, 0.3) is 0 Å². The van der Waals surface area contributed by atoms with Gasteiger partial charge in [0.1, 0.15) is 0 Å². The second-order valence-corrected chi connectivity index (χ2v) is 3.20. The zero-order chi connectivity index (χ0) is 11.2. The van der Waals surface area contributed by atoms with Gasteiger partial charge in [-0.1, -0.05) is 23.8 Å². The molecule has 0 amide bonds. The summed E-state index contributed by atoms with van der Waals surface area (Å²) in [6.45, 7) is 0. The van der Waals surface area contributed by atoms with Crippen molar-refractivity contribution in [2.75, 3.05) is 0 Å². The fourth-order valence-electron chi connectivity index (χ4n) is 1.32. The van der Waals surface area contributed by atoms with Crippen LogP contribution in [-0.2, 0) is 22.4 Å². The van der Waals surface area contributed by atoms with Gasteiger partial charge < -0.3 is 6.42 Å². The molecule has 0 aliphatic rings. The third-order valence-electron chi connectivity index (χ3n) is 2.15. The molecule has 2 heterocycles. The molecule has 0 N–H and O–H groups in total. The third-order valence-corrected chi connectivity index (χ3v) is 2.15. The van der Waals surface area contributed by atoms with Crippen LogP contribution >= 0.6 is 0 Å². The van der Waals surface area contributed by atoms with Gasteiger partial charge in [-0.2, -0.15) is 0 Å². The fourth-order valence-corrected chi connectivity index (χ4v) is 1.32. The molecule has 2 rings (SSSR count). The van der Waals surface area contributed by atoms with E-state index in [1.807, 2.05) is 30.4 Å². The number of hydrogen-bond donors (Lipinski definition) is 0. The van der Waals surface area contributed by atoms with E-state index in [0.717, 1.165) is 11.1 Å². The van der Waals surface area contributed by atoms with E-state index < -0.39 is 0 Å². The molecule has 0 aliphatic heterocycles. The Hall–Kier alpha value is -1.66. The molecule has 86 valence electrons. The Morgan fingerprint density at radius 3 is 2.41 bits per heavy atom. The molecule has 2 nitrogen and oxygen atoms in total. The number of rotatable bonds is 2. The Labute approximate surface area is 116 Å². The molecule has 0 aromatic carbocycles. The molecule has 3 heteroatoms. The minimum Gasteiger partial charge on any atom is -0.366 e. The predicted octanol–water partition coefficient (Wildman–Crippen LogP) is 2.58. The van der Waals surface area contributed by atoms with Crippen molar-refractivity contribution >= 4 is 12.2 Å². The van der Waals surface area contributed by atoms with Crippen molar-refractivity contribution in [2.24, 2.45) is 0 Å². The molecule has 2 aromatic heterocycles. The summed E-state index contributed by atoms with van der Waals surface area (Å²) in [5.74, 6) is 2.36. The minimum absolute atomic E-state index is 0. The molecule has 17 heavy (non-hydrogen) atoms. The van der Waals surface area contributed by atoms with E-state index in [9.17, 15) is 0 Å². The summed E-state index contributed by atoms with van der Waals surface area (Å²) < 4.78 is 0. The Bertz CT molecular complexity index is 542. The smallest absolute Gasteiger partial charge is 0.366 e. The first-order chi connectivity index (χ1) is 7.90. The van der Waals surface area contributed by atoms with Crippen LogP contribution in [0.1, 0.15) is 16.7 Å². The standard InChI is InChI=1S/C14H9N2.Au/c1-2-13-11-16-10-7-14(13)4-3-12-5-8-15-9-6-12;/h3-11H;/q-1;+1/b4-3+;. The van der Waals surface area contributed by atoms with Crippen LogP contribution in [0.4, 0.5) is 0 Å². The van der Waals surface area contributed by atoms with Gasteiger partial charge in [0.15, 0.2) is 0 Å². The van der Waals surface area contributed by atoms with Crippen LogP contribution in [0, 0.1) is 12.3 Å². The van der Waals surface area contributed by atoms with E-state index in [1.165, 1.54) is 0 Å². The molecule has 0 saturated heterocycles. The van der Waals surface area contributed by atoms with E-state index in [0.29, 0.717) is 5.56 Å².